The first-order chi connectivity index (χ1) is 15.6. The number of aromatic nitrogens is 2. The Kier molecular flexibility index (Phi) is 5.41. The third kappa shape index (κ3) is 3.76. The average molecular weight is 444 g/mol. The molecule has 0 saturated heterocycles. The van der Waals surface area contributed by atoms with Gasteiger partial charge in [0.1, 0.15) is 5.75 Å². The second-order valence-corrected chi connectivity index (χ2v) is 8.44. The topological polar surface area (TPSA) is 68.5 Å². The Bertz CT molecular complexity index is 1270. The highest BCUT2D eigenvalue weighted by Gasteiger charge is 2.27. The summed E-state index contributed by atoms with van der Waals surface area (Å²) in [4.78, 5) is 21.3. The van der Waals surface area contributed by atoms with Crippen molar-refractivity contribution in [2.24, 2.45) is 0 Å². The quantitative estimate of drug-likeness (QED) is 0.376. The third-order valence-corrected chi connectivity index (χ3v) is 6.38. The summed E-state index contributed by atoms with van der Waals surface area (Å²) in [7, 11) is 0. The molecule has 1 aliphatic heterocycles. The van der Waals surface area contributed by atoms with Crippen LogP contribution in [0.15, 0.2) is 87.1 Å². The SMILES string of the molecule is CCN1C(=O)c2ccccc2Sc2cc(-c3noc(C(C)Oc4ccccc4)n3)ccc21. The number of fused-ring (bicyclic) bond motifs is 2. The van der Waals surface area contributed by atoms with E-state index in [9.17, 15) is 4.79 Å². The summed E-state index contributed by atoms with van der Waals surface area (Å²) in [6.07, 6.45) is -0.381. The minimum atomic E-state index is -0.381. The lowest BCUT2D eigenvalue weighted by molar-refractivity contribution is 0.0985. The largest absolute Gasteiger partial charge is 0.481 e. The van der Waals surface area contributed by atoms with Crippen LogP contribution in [0.4, 0.5) is 5.69 Å². The van der Waals surface area contributed by atoms with E-state index in [0.717, 1.165) is 26.8 Å². The molecule has 5 rings (SSSR count). The van der Waals surface area contributed by atoms with Crippen LogP contribution in [0.2, 0.25) is 0 Å². The van der Waals surface area contributed by atoms with E-state index in [-0.39, 0.29) is 12.0 Å². The van der Waals surface area contributed by atoms with E-state index in [0.29, 0.717) is 23.8 Å². The van der Waals surface area contributed by atoms with Crippen LogP contribution in [0.25, 0.3) is 11.4 Å². The van der Waals surface area contributed by atoms with E-state index < -0.39 is 0 Å². The summed E-state index contributed by atoms with van der Waals surface area (Å²) in [5.74, 6) is 1.64. The van der Waals surface area contributed by atoms with Crippen LogP contribution in [0, 0.1) is 0 Å². The predicted molar refractivity (Wildman–Crippen MR) is 123 cm³/mol. The highest BCUT2D eigenvalue weighted by atomic mass is 32.2. The molecule has 1 aromatic heterocycles. The summed E-state index contributed by atoms with van der Waals surface area (Å²) in [6.45, 7) is 4.44. The summed E-state index contributed by atoms with van der Waals surface area (Å²) in [5, 5.41) is 4.16. The number of rotatable bonds is 5. The second-order valence-electron chi connectivity index (χ2n) is 7.36. The lowest BCUT2D eigenvalue weighted by Crippen LogP contribution is -2.30. The lowest BCUT2D eigenvalue weighted by atomic mass is 10.1. The highest BCUT2D eigenvalue weighted by Crippen LogP contribution is 2.42. The first-order valence-corrected chi connectivity index (χ1v) is 11.2. The number of nitrogens with zero attached hydrogens (tertiary/aromatic N) is 3. The normalized spacial score (nSPS) is 13.8. The molecule has 1 aliphatic rings. The summed E-state index contributed by atoms with van der Waals surface area (Å²) in [6, 6.07) is 23.1. The van der Waals surface area contributed by atoms with Crippen LogP contribution in [0.1, 0.15) is 36.2 Å². The number of benzene rings is 3. The molecule has 3 aromatic carbocycles. The zero-order valence-electron chi connectivity index (χ0n) is 17.7. The number of carbonyl (C=O) groups is 1. The molecule has 0 radical (unpaired) electrons. The molecule has 6 nitrogen and oxygen atoms in total. The fourth-order valence-electron chi connectivity index (χ4n) is 3.65. The molecule has 1 amide bonds. The van der Waals surface area contributed by atoms with Gasteiger partial charge in [0, 0.05) is 21.9 Å². The van der Waals surface area contributed by atoms with Crippen LogP contribution in [-0.2, 0) is 0 Å². The Balaban J connectivity index is 1.46. The fourth-order valence-corrected chi connectivity index (χ4v) is 4.77. The van der Waals surface area contributed by atoms with Crippen LogP contribution < -0.4 is 9.64 Å². The second kappa shape index (κ2) is 8.51. The number of anilines is 1. The average Bonchev–Trinajstić information content (AvgIpc) is 3.28. The molecular weight excluding hydrogens is 422 g/mol. The molecular formula is C25H21N3O3S. The number of amides is 1. The minimum absolute atomic E-state index is 0.0100. The van der Waals surface area contributed by atoms with E-state index in [1.165, 1.54) is 0 Å². The smallest absolute Gasteiger partial charge is 0.267 e. The Hall–Kier alpha value is -3.58. The maximum Gasteiger partial charge on any atom is 0.267 e. The van der Waals surface area contributed by atoms with Gasteiger partial charge in [0.2, 0.25) is 5.82 Å². The van der Waals surface area contributed by atoms with Crippen LogP contribution >= 0.6 is 11.8 Å². The first-order valence-electron chi connectivity index (χ1n) is 10.4. The zero-order chi connectivity index (χ0) is 22.1. The monoisotopic (exact) mass is 443 g/mol. The number of hydrogen-bond acceptors (Lipinski definition) is 6. The Labute approximate surface area is 190 Å². The van der Waals surface area contributed by atoms with Crippen molar-refractivity contribution >= 4 is 23.4 Å². The summed E-state index contributed by atoms with van der Waals surface area (Å²) in [5.41, 5.74) is 2.42. The van der Waals surface area contributed by atoms with Crippen molar-refractivity contribution in [3.8, 4) is 17.1 Å². The van der Waals surface area contributed by atoms with E-state index in [1.807, 2.05) is 86.6 Å². The van der Waals surface area contributed by atoms with Gasteiger partial charge in [-0.3, -0.25) is 4.79 Å². The number of hydrogen-bond donors (Lipinski definition) is 0. The van der Waals surface area contributed by atoms with Gasteiger partial charge in [-0.15, -0.1) is 0 Å². The van der Waals surface area contributed by atoms with Crippen LogP contribution in [0.5, 0.6) is 5.75 Å². The molecule has 4 aromatic rings. The standard InChI is InChI=1S/C25H21N3O3S/c1-3-28-20-14-13-17(15-22(20)32-21-12-8-7-11-19(21)25(28)29)23-26-24(31-27-23)16(2)30-18-9-5-4-6-10-18/h4-16H,3H2,1-2H3. The molecule has 160 valence electrons. The van der Waals surface area contributed by atoms with Crippen LogP contribution in [0.3, 0.4) is 0 Å². The van der Waals surface area contributed by atoms with Gasteiger partial charge in [0.25, 0.3) is 11.8 Å². The summed E-state index contributed by atoms with van der Waals surface area (Å²) < 4.78 is 11.4. The number of ether oxygens (including phenoxy) is 1. The molecule has 1 unspecified atom stereocenters. The van der Waals surface area contributed by atoms with E-state index in [1.54, 1.807) is 16.7 Å². The van der Waals surface area contributed by atoms with Gasteiger partial charge in [-0.2, -0.15) is 4.98 Å². The lowest BCUT2D eigenvalue weighted by Gasteiger charge is -2.21. The zero-order valence-corrected chi connectivity index (χ0v) is 18.5. The van der Waals surface area contributed by atoms with Gasteiger partial charge in [0.05, 0.1) is 11.3 Å². The molecule has 32 heavy (non-hydrogen) atoms. The van der Waals surface area contributed by atoms with E-state index in [4.69, 9.17) is 9.26 Å². The van der Waals surface area contributed by atoms with Crippen molar-refractivity contribution in [2.45, 2.75) is 29.7 Å². The molecule has 2 heterocycles. The number of para-hydroxylation sites is 1. The van der Waals surface area contributed by atoms with E-state index in [2.05, 4.69) is 10.1 Å². The van der Waals surface area contributed by atoms with Crippen molar-refractivity contribution in [2.75, 3.05) is 11.4 Å². The van der Waals surface area contributed by atoms with E-state index >= 15 is 0 Å². The van der Waals surface area contributed by atoms with Crippen LogP contribution in [-0.4, -0.2) is 22.6 Å². The first kappa shape index (κ1) is 20.3. The molecule has 0 bridgehead atoms. The Morgan fingerprint density at radius 3 is 2.62 bits per heavy atom. The maximum absolute atomic E-state index is 13.1. The molecule has 0 N–H and O–H groups in total. The predicted octanol–water partition coefficient (Wildman–Crippen LogP) is 6.01. The van der Waals surface area contributed by atoms with Crippen molar-refractivity contribution in [1.29, 1.82) is 0 Å². The molecule has 0 aliphatic carbocycles. The van der Waals surface area contributed by atoms with Gasteiger partial charge in [-0.25, -0.2) is 0 Å². The van der Waals surface area contributed by atoms with Crippen molar-refractivity contribution in [3.63, 3.8) is 0 Å². The van der Waals surface area contributed by atoms with Gasteiger partial charge in [-0.1, -0.05) is 47.3 Å². The molecule has 0 spiro atoms. The van der Waals surface area contributed by atoms with Crippen molar-refractivity contribution in [3.05, 3.63) is 84.3 Å². The maximum atomic E-state index is 13.1. The molecule has 7 heteroatoms. The minimum Gasteiger partial charge on any atom is -0.481 e. The third-order valence-electron chi connectivity index (χ3n) is 5.25. The van der Waals surface area contributed by atoms with Crippen molar-refractivity contribution in [1.82, 2.24) is 10.1 Å². The fraction of sp³-hybridized carbons (Fsp3) is 0.160. The molecule has 1 atom stereocenters. The highest BCUT2D eigenvalue weighted by molar-refractivity contribution is 7.99. The van der Waals surface area contributed by atoms with Gasteiger partial charge >= 0.3 is 0 Å². The molecule has 0 saturated carbocycles. The van der Waals surface area contributed by atoms with Gasteiger partial charge in [0.15, 0.2) is 6.10 Å². The summed E-state index contributed by atoms with van der Waals surface area (Å²) >= 11 is 1.58. The number of carbonyl (C=O) groups excluding carboxylic acids is 1. The van der Waals surface area contributed by atoms with Gasteiger partial charge < -0.3 is 14.2 Å². The van der Waals surface area contributed by atoms with Crippen molar-refractivity contribution < 1.29 is 14.1 Å². The van der Waals surface area contributed by atoms with Gasteiger partial charge in [-0.05, 0) is 56.3 Å². The Morgan fingerprint density at radius 1 is 1.03 bits per heavy atom. The Morgan fingerprint density at radius 2 is 1.81 bits per heavy atom. The molecule has 0 fully saturated rings.